The Kier molecular flexibility index (Phi) is 3.89. The first-order chi connectivity index (χ1) is 9.27. The number of alkyl halides is 3. The van der Waals surface area contributed by atoms with Crippen molar-refractivity contribution in [3.63, 3.8) is 0 Å². The van der Waals surface area contributed by atoms with E-state index in [1.54, 1.807) is 4.90 Å². The number of benzene rings is 1. The number of aliphatic carboxylic acids is 1. The number of carboxylic acids is 1. The SMILES string of the molecule is O=C(O)[C@@H]1CCCN1Cc1cc(O)cc(C(F)(F)F)c1. The first kappa shape index (κ1) is 14.6. The minimum atomic E-state index is -4.54. The molecule has 1 aromatic carbocycles. The molecule has 1 heterocycles. The Labute approximate surface area is 113 Å². The third-order valence-electron chi connectivity index (χ3n) is 3.34. The van der Waals surface area contributed by atoms with Gasteiger partial charge in [0.25, 0.3) is 0 Å². The van der Waals surface area contributed by atoms with E-state index in [2.05, 4.69) is 0 Å². The molecule has 1 fully saturated rings. The Bertz CT molecular complexity index is 516. The van der Waals surface area contributed by atoms with Crippen molar-refractivity contribution in [1.29, 1.82) is 0 Å². The maximum atomic E-state index is 12.6. The van der Waals surface area contributed by atoms with Gasteiger partial charge in [-0.25, -0.2) is 0 Å². The summed E-state index contributed by atoms with van der Waals surface area (Å²) in [5, 5.41) is 18.4. The van der Waals surface area contributed by atoms with Gasteiger partial charge in [0.15, 0.2) is 0 Å². The smallest absolute Gasteiger partial charge is 0.416 e. The number of halogens is 3. The van der Waals surface area contributed by atoms with E-state index in [0.717, 1.165) is 6.07 Å². The van der Waals surface area contributed by atoms with Gasteiger partial charge in [0.2, 0.25) is 0 Å². The van der Waals surface area contributed by atoms with Crippen molar-refractivity contribution in [1.82, 2.24) is 4.90 Å². The molecule has 0 saturated carbocycles. The lowest BCUT2D eigenvalue weighted by atomic mass is 10.1. The molecule has 0 amide bonds. The van der Waals surface area contributed by atoms with Crippen LogP contribution < -0.4 is 0 Å². The fourth-order valence-corrected chi connectivity index (χ4v) is 2.46. The summed E-state index contributed by atoms with van der Waals surface area (Å²) in [7, 11) is 0. The van der Waals surface area contributed by atoms with Gasteiger partial charge in [0.05, 0.1) is 5.56 Å². The van der Waals surface area contributed by atoms with Crippen LogP contribution in [-0.4, -0.2) is 33.7 Å². The van der Waals surface area contributed by atoms with Crippen LogP contribution in [0.5, 0.6) is 5.75 Å². The van der Waals surface area contributed by atoms with Crippen LogP contribution >= 0.6 is 0 Å². The molecule has 0 unspecified atom stereocenters. The predicted molar refractivity (Wildman–Crippen MR) is 64.2 cm³/mol. The molecule has 1 aromatic rings. The number of phenols is 1. The summed E-state index contributed by atoms with van der Waals surface area (Å²) in [5.41, 5.74) is -0.677. The van der Waals surface area contributed by atoms with E-state index in [9.17, 15) is 23.1 Å². The zero-order chi connectivity index (χ0) is 14.9. The van der Waals surface area contributed by atoms with Gasteiger partial charge >= 0.3 is 12.1 Å². The van der Waals surface area contributed by atoms with E-state index in [0.29, 0.717) is 25.5 Å². The van der Waals surface area contributed by atoms with Crippen molar-refractivity contribution < 1.29 is 28.2 Å². The van der Waals surface area contributed by atoms with Gasteiger partial charge in [0.1, 0.15) is 11.8 Å². The molecule has 1 saturated heterocycles. The highest BCUT2D eigenvalue weighted by Crippen LogP contribution is 2.33. The number of carbonyl (C=O) groups is 1. The van der Waals surface area contributed by atoms with Crippen LogP contribution in [0.4, 0.5) is 13.2 Å². The molecule has 2 rings (SSSR count). The molecule has 2 N–H and O–H groups in total. The van der Waals surface area contributed by atoms with Gasteiger partial charge in [-0.2, -0.15) is 13.2 Å². The van der Waals surface area contributed by atoms with Gasteiger partial charge in [0, 0.05) is 6.54 Å². The number of nitrogens with zero attached hydrogens (tertiary/aromatic N) is 1. The molecule has 1 aliphatic heterocycles. The molecule has 4 nitrogen and oxygen atoms in total. The molecular formula is C13H14F3NO3. The highest BCUT2D eigenvalue weighted by atomic mass is 19.4. The lowest BCUT2D eigenvalue weighted by Crippen LogP contribution is -2.35. The summed E-state index contributed by atoms with van der Waals surface area (Å²) in [6.07, 6.45) is -3.35. The van der Waals surface area contributed by atoms with Crippen LogP contribution in [-0.2, 0) is 17.5 Å². The fraction of sp³-hybridized carbons (Fsp3) is 0.462. The number of hydrogen-bond donors (Lipinski definition) is 2. The molecule has 1 atom stereocenters. The van der Waals surface area contributed by atoms with Crippen LogP contribution in [0.1, 0.15) is 24.0 Å². The summed E-state index contributed by atoms with van der Waals surface area (Å²) in [4.78, 5) is 12.6. The van der Waals surface area contributed by atoms with E-state index in [-0.39, 0.29) is 12.1 Å². The van der Waals surface area contributed by atoms with Gasteiger partial charge < -0.3 is 10.2 Å². The zero-order valence-corrected chi connectivity index (χ0v) is 10.5. The van der Waals surface area contributed by atoms with Crippen molar-refractivity contribution in [3.8, 4) is 5.75 Å². The van der Waals surface area contributed by atoms with Gasteiger partial charge in [-0.1, -0.05) is 0 Å². The molecule has 0 radical (unpaired) electrons. The minimum absolute atomic E-state index is 0.0778. The van der Waals surface area contributed by atoms with E-state index < -0.39 is 29.5 Å². The van der Waals surface area contributed by atoms with Crippen LogP contribution in [0.3, 0.4) is 0 Å². The lowest BCUT2D eigenvalue weighted by molar-refractivity contribution is -0.142. The van der Waals surface area contributed by atoms with Crippen molar-refractivity contribution in [2.45, 2.75) is 31.6 Å². The Morgan fingerprint density at radius 1 is 1.35 bits per heavy atom. The van der Waals surface area contributed by atoms with Gasteiger partial charge in [-0.15, -0.1) is 0 Å². The Morgan fingerprint density at radius 3 is 2.65 bits per heavy atom. The number of hydrogen-bond acceptors (Lipinski definition) is 3. The van der Waals surface area contributed by atoms with E-state index >= 15 is 0 Å². The molecule has 1 aliphatic rings. The standard InChI is InChI=1S/C13H14F3NO3/c14-13(15,16)9-4-8(5-10(18)6-9)7-17-3-1-2-11(17)12(19)20/h4-6,11,18H,1-3,7H2,(H,19,20)/t11-/m0/s1. The molecule has 0 aliphatic carbocycles. The van der Waals surface area contributed by atoms with Crippen LogP contribution in [0.2, 0.25) is 0 Å². The van der Waals surface area contributed by atoms with Crippen molar-refractivity contribution in [2.24, 2.45) is 0 Å². The number of rotatable bonds is 3. The first-order valence-corrected chi connectivity index (χ1v) is 6.14. The number of likely N-dealkylation sites (tertiary alicyclic amines) is 1. The summed E-state index contributed by atoms with van der Waals surface area (Å²) in [6, 6.07) is 2.15. The van der Waals surface area contributed by atoms with E-state index in [1.165, 1.54) is 6.07 Å². The molecule has 0 bridgehead atoms. The Morgan fingerprint density at radius 2 is 2.05 bits per heavy atom. The zero-order valence-electron chi connectivity index (χ0n) is 10.5. The van der Waals surface area contributed by atoms with Gasteiger partial charge in [-0.05, 0) is 43.1 Å². The highest BCUT2D eigenvalue weighted by molar-refractivity contribution is 5.73. The third kappa shape index (κ3) is 3.22. The van der Waals surface area contributed by atoms with Crippen LogP contribution in [0.15, 0.2) is 18.2 Å². The first-order valence-electron chi connectivity index (χ1n) is 6.14. The molecule has 110 valence electrons. The fourth-order valence-electron chi connectivity index (χ4n) is 2.46. The molecule has 20 heavy (non-hydrogen) atoms. The highest BCUT2D eigenvalue weighted by Gasteiger charge is 2.33. The molecule has 0 aromatic heterocycles. The topological polar surface area (TPSA) is 60.8 Å². The quantitative estimate of drug-likeness (QED) is 0.897. The minimum Gasteiger partial charge on any atom is -0.508 e. The van der Waals surface area contributed by atoms with E-state index in [4.69, 9.17) is 5.11 Å². The second-order valence-corrected chi connectivity index (χ2v) is 4.85. The average molecular weight is 289 g/mol. The van der Waals surface area contributed by atoms with Crippen LogP contribution in [0, 0.1) is 0 Å². The predicted octanol–water partition coefficient (Wildman–Crippen LogP) is 2.46. The van der Waals surface area contributed by atoms with Gasteiger partial charge in [-0.3, -0.25) is 9.69 Å². The van der Waals surface area contributed by atoms with Crippen molar-refractivity contribution >= 4 is 5.97 Å². The molecular weight excluding hydrogens is 275 g/mol. The monoisotopic (exact) mass is 289 g/mol. The number of carboxylic acid groups (broad SMARTS) is 1. The lowest BCUT2D eigenvalue weighted by Gasteiger charge is -2.21. The normalized spacial score (nSPS) is 20.2. The summed E-state index contributed by atoms with van der Waals surface area (Å²) < 4.78 is 37.9. The largest absolute Gasteiger partial charge is 0.508 e. The third-order valence-corrected chi connectivity index (χ3v) is 3.34. The molecule has 7 heteroatoms. The van der Waals surface area contributed by atoms with E-state index in [1.807, 2.05) is 0 Å². The summed E-state index contributed by atoms with van der Waals surface area (Å²) in [5.74, 6) is -1.44. The second-order valence-electron chi connectivity index (χ2n) is 4.85. The van der Waals surface area contributed by atoms with Crippen LogP contribution in [0.25, 0.3) is 0 Å². The summed E-state index contributed by atoms with van der Waals surface area (Å²) in [6.45, 7) is 0.600. The number of phenolic OH excluding ortho intramolecular Hbond substituents is 1. The average Bonchev–Trinajstić information content (AvgIpc) is 2.75. The second kappa shape index (κ2) is 5.32. The maximum absolute atomic E-state index is 12.6. The van der Waals surface area contributed by atoms with Crippen molar-refractivity contribution in [2.75, 3.05) is 6.54 Å². The Hall–Kier alpha value is -1.76. The number of aromatic hydroxyl groups is 1. The maximum Gasteiger partial charge on any atom is 0.416 e. The molecule has 0 spiro atoms. The van der Waals surface area contributed by atoms with Crippen molar-refractivity contribution in [3.05, 3.63) is 29.3 Å². The summed E-state index contributed by atoms with van der Waals surface area (Å²) >= 11 is 0. The Balaban J connectivity index is 2.21.